The molecule has 0 aliphatic heterocycles. The van der Waals surface area contributed by atoms with E-state index in [4.69, 9.17) is 0 Å². The highest BCUT2D eigenvalue weighted by Gasteiger charge is 2.11. The molecule has 0 spiro atoms. The first-order valence-electron chi connectivity index (χ1n) is 4.56. The lowest BCUT2D eigenvalue weighted by atomic mass is 9.90. The molecule has 0 saturated carbocycles. The third-order valence-corrected chi connectivity index (χ3v) is 2.62. The molecule has 0 fully saturated rings. The van der Waals surface area contributed by atoms with Gasteiger partial charge in [0.05, 0.1) is 0 Å². The van der Waals surface area contributed by atoms with E-state index >= 15 is 0 Å². The van der Waals surface area contributed by atoms with Gasteiger partial charge in [-0.2, -0.15) is 0 Å². The Morgan fingerprint density at radius 2 is 1.64 bits per heavy atom. The predicted octanol–water partition coefficient (Wildman–Crippen LogP) is 3.98. The van der Waals surface area contributed by atoms with E-state index in [-0.39, 0.29) is 0 Å². The normalized spacial score (nSPS) is 11.8. The van der Waals surface area contributed by atoms with Gasteiger partial charge in [0, 0.05) is 12.5 Å². The number of hydrogen-bond donors (Lipinski definition) is 0. The Morgan fingerprint density at radius 3 is 2.07 bits per heavy atom. The van der Waals surface area contributed by atoms with Crippen molar-refractivity contribution in [2.45, 2.75) is 33.6 Å². The summed E-state index contributed by atoms with van der Waals surface area (Å²) in [5.41, 5.74) is 0.332. The maximum atomic E-state index is 4.31. The summed E-state index contributed by atoms with van der Waals surface area (Å²) in [4.78, 5) is 8.63. The van der Waals surface area contributed by atoms with Crippen LogP contribution in [0.4, 0.5) is 0 Å². The summed E-state index contributed by atoms with van der Waals surface area (Å²) in [7, 11) is 0. The number of nitrogens with zero attached hydrogens (tertiary/aromatic N) is 2. The zero-order valence-electron chi connectivity index (χ0n) is 8.64. The van der Waals surface area contributed by atoms with Crippen LogP contribution in [0.1, 0.15) is 33.0 Å². The average Bonchev–Trinajstić information content (AvgIpc) is 1.97. The van der Waals surface area contributed by atoms with Gasteiger partial charge >= 0.3 is 0 Å². The van der Waals surface area contributed by atoms with E-state index in [1.807, 2.05) is 6.07 Å². The standard InChI is InChI=1S/C10H14Br2N2/c1-10(2,3)5-4-9-13-7(11)6-8(12)14-9/h6H,4-5H2,1-3H3. The van der Waals surface area contributed by atoms with Crippen LogP contribution >= 0.6 is 31.9 Å². The van der Waals surface area contributed by atoms with Gasteiger partial charge in [0.25, 0.3) is 0 Å². The lowest BCUT2D eigenvalue weighted by Gasteiger charge is -2.16. The van der Waals surface area contributed by atoms with E-state index in [2.05, 4.69) is 62.6 Å². The van der Waals surface area contributed by atoms with Gasteiger partial charge in [-0.15, -0.1) is 0 Å². The lowest BCUT2D eigenvalue weighted by molar-refractivity contribution is 0.374. The van der Waals surface area contributed by atoms with Crippen LogP contribution < -0.4 is 0 Å². The molecule has 0 N–H and O–H groups in total. The van der Waals surface area contributed by atoms with E-state index in [1.54, 1.807) is 0 Å². The van der Waals surface area contributed by atoms with Gasteiger partial charge < -0.3 is 0 Å². The minimum atomic E-state index is 0.332. The maximum Gasteiger partial charge on any atom is 0.130 e. The van der Waals surface area contributed by atoms with Gasteiger partial charge in [-0.05, 0) is 43.7 Å². The molecule has 0 aliphatic carbocycles. The topological polar surface area (TPSA) is 25.8 Å². The first-order valence-corrected chi connectivity index (χ1v) is 6.14. The SMILES string of the molecule is CC(C)(C)CCc1nc(Br)cc(Br)n1. The molecule has 0 atom stereocenters. The van der Waals surface area contributed by atoms with Crippen molar-refractivity contribution in [3.05, 3.63) is 21.1 Å². The van der Waals surface area contributed by atoms with Gasteiger partial charge in [0.1, 0.15) is 15.0 Å². The van der Waals surface area contributed by atoms with Crippen LogP contribution in [0.5, 0.6) is 0 Å². The number of aromatic nitrogens is 2. The molecule has 0 aliphatic rings. The predicted molar refractivity (Wildman–Crippen MR) is 65.2 cm³/mol. The van der Waals surface area contributed by atoms with Crippen LogP contribution in [-0.4, -0.2) is 9.97 Å². The van der Waals surface area contributed by atoms with Crippen molar-refractivity contribution in [1.82, 2.24) is 9.97 Å². The Labute approximate surface area is 102 Å². The van der Waals surface area contributed by atoms with Gasteiger partial charge in [-0.25, -0.2) is 9.97 Å². The van der Waals surface area contributed by atoms with E-state index in [9.17, 15) is 0 Å². The highest BCUT2D eigenvalue weighted by atomic mass is 79.9. The first-order chi connectivity index (χ1) is 6.37. The van der Waals surface area contributed by atoms with Crippen molar-refractivity contribution in [3.8, 4) is 0 Å². The fourth-order valence-electron chi connectivity index (χ4n) is 1.03. The summed E-state index contributed by atoms with van der Waals surface area (Å²) in [6.45, 7) is 6.67. The van der Waals surface area contributed by atoms with Gasteiger partial charge in [-0.3, -0.25) is 0 Å². The Hall–Kier alpha value is 0.0400. The Morgan fingerprint density at radius 1 is 1.14 bits per heavy atom. The smallest absolute Gasteiger partial charge is 0.130 e. The largest absolute Gasteiger partial charge is 0.226 e. The van der Waals surface area contributed by atoms with Gasteiger partial charge in [-0.1, -0.05) is 20.8 Å². The zero-order valence-corrected chi connectivity index (χ0v) is 11.8. The molecule has 2 nitrogen and oxygen atoms in total. The summed E-state index contributed by atoms with van der Waals surface area (Å²) in [6.07, 6.45) is 2.01. The van der Waals surface area contributed by atoms with Crippen molar-refractivity contribution >= 4 is 31.9 Å². The van der Waals surface area contributed by atoms with Gasteiger partial charge in [0.15, 0.2) is 0 Å². The molecule has 4 heteroatoms. The van der Waals surface area contributed by atoms with Crippen LogP contribution in [0.15, 0.2) is 15.3 Å². The summed E-state index contributed by atoms with van der Waals surface area (Å²) < 4.78 is 1.67. The molecule has 1 rings (SSSR count). The van der Waals surface area contributed by atoms with Crippen molar-refractivity contribution in [2.24, 2.45) is 5.41 Å². The molecular formula is C10H14Br2N2. The Kier molecular flexibility index (Phi) is 4.07. The summed E-state index contributed by atoms with van der Waals surface area (Å²) >= 11 is 6.70. The van der Waals surface area contributed by atoms with E-state index in [0.29, 0.717) is 5.41 Å². The van der Waals surface area contributed by atoms with Crippen LogP contribution in [0.3, 0.4) is 0 Å². The molecule has 1 heterocycles. The molecule has 78 valence electrons. The third-order valence-electron chi connectivity index (χ3n) is 1.81. The Bertz CT molecular complexity index is 298. The second-order valence-corrected chi connectivity index (χ2v) is 6.12. The minimum absolute atomic E-state index is 0.332. The molecule has 0 bridgehead atoms. The fourth-order valence-corrected chi connectivity index (χ4v) is 2.18. The average molecular weight is 322 g/mol. The van der Waals surface area contributed by atoms with Crippen LogP contribution in [0.25, 0.3) is 0 Å². The number of hydrogen-bond acceptors (Lipinski definition) is 2. The van der Waals surface area contributed by atoms with Crippen molar-refractivity contribution in [2.75, 3.05) is 0 Å². The molecule has 0 saturated heterocycles. The summed E-state index contributed by atoms with van der Waals surface area (Å²) in [6, 6.07) is 1.85. The van der Waals surface area contributed by atoms with Crippen LogP contribution in [0, 0.1) is 5.41 Å². The van der Waals surface area contributed by atoms with Crippen molar-refractivity contribution in [3.63, 3.8) is 0 Å². The zero-order chi connectivity index (χ0) is 10.8. The van der Waals surface area contributed by atoms with Crippen LogP contribution in [-0.2, 0) is 6.42 Å². The second kappa shape index (κ2) is 4.71. The molecular weight excluding hydrogens is 308 g/mol. The van der Waals surface area contributed by atoms with Crippen LogP contribution in [0.2, 0.25) is 0 Å². The van der Waals surface area contributed by atoms with E-state index < -0.39 is 0 Å². The molecule has 0 radical (unpaired) electrons. The molecule has 1 aromatic heterocycles. The molecule has 0 unspecified atom stereocenters. The maximum absolute atomic E-state index is 4.31. The first kappa shape index (κ1) is 12.1. The van der Waals surface area contributed by atoms with E-state index in [0.717, 1.165) is 27.9 Å². The number of rotatable bonds is 2. The van der Waals surface area contributed by atoms with Gasteiger partial charge in [0.2, 0.25) is 0 Å². The van der Waals surface area contributed by atoms with E-state index in [1.165, 1.54) is 0 Å². The molecule has 1 aromatic rings. The monoisotopic (exact) mass is 320 g/mol. The summed E-state index contributed by atoms with van der Waals surface area (Å²) in [5.74, 6) is 0.890. The number of aryl methyl sites for hydroxylation is 1. The quantitative estimate of drug-likeness (QED) is 0.770. The second-order valence-electron chi connectivity index (χ2n) is 4.49. The van der Waals surface area contributed by atoms with Crippen molar-refractivity contribution < 1.29 is 0 Å². The highest BCUT2D eigenvalue weighted by molar-refractivity contribution is 9.11. The third kappa shape index (κ3) is 4.51. The highest BCUT2D eigenvalue weighted by Crippen LogP contribution is 2.21. The molecule has 14 heavy (non-hydrogen) atoms. The summed E-state index contributed by atoms with van der Waals surface area (Å²) in [5, 5.41) is 0. The molecule has 0 amide bonds. The molecule has 0 aromatic carbocycles. The van der Waals surface area contributed by atoms with Crippen molar-refractivity contribution in [1.29, 1.82) is 0 Å². The Balaban J connectivity index is 2.68. The minimum Gasteiger partial charge on any atom is -0.226 e. The lowest BCUT2D eigenvalue weighted by Crippen LogP contribution is -2.08. The number of halogens is 2. The fraction of sp³-hybridized carbons (Fsp3) is 0.600.